The van der Waals surface area contributed by atoms with Gasteiger partial charge in [-0.1, -0.05) is 18.2 Å². The molecular weight excluding hydrogens is 414 g/mol. The molecule has 5 rings (SSSR count). The summed E-state index contributed by atoms with van der Waals surface area (Å²) in [6.07, 6.45) is 3.67. The van der Waals surface area contributed by atoms with Gasteiger partial charge in [0, 0.05) is 43.0 Å². The zero-order valence-electron chi connectivity index (χ0n) is 19.0. The maximum absolute atomic E-state index is 13.6. The first-order valence-electron chi connectivity index (χ1n) is 11.8. The Balaban J connectivity index is 1.39. The minimum absolute atomic E-state index is 0.00966. The third-order valence-corrected chi connectivity index (χ3v) is 6.88. The molecule has 0 unspecified atom stereocenters. The van der Waals surface area contributed by atoms with Crippen LogP contribution in [0, 0.1) is 5.92 Å². The normalized spacial score (nSPS) is 16.9. The van der Waals surface area contributed by atoms with E-state index < -0.39 is 0 Å². The smallest absolute Gasteiger partial charge is 0.254 e. The van der Waals surface area contributed by atoms with Gasteiger partial charge in [0.05, 0.1) is 23.9 Å². The topological polar surface area (TPSA) is 62.7 Å². The summed E-state index contributed by atoms with van der Waals surface area (Å²) >= 11 is 0. The van der Waals surface area contributed by atoms with Gasteiger partial charge in [0.15, 0.2) is 0 Å². The number of rotatable bonds is 4. The molecule has 0 spiro atoms. The lowest BCUT2D eigenvalue weighted by molar-refractivity contribution is -0.135. The van der Waals surface area contributed by atoms with Crippen LogP contribution in [0.5, 0.6) is 5.75 Å². The van der Waals surface area contributed by atoms with Gasteiger partial charge in [-0.05, 0) is 62.1 Å². The van der Waals surface area contributed by atoms with E-state index in [9.17, 15) is 9.59 Å². The van der Waals surface area contributed by atoms with Gasteiger partial charge in [-0.2, -0.15) is 0 Å². The minimum Gasteiger partial charge on any atom is -0.497 e. The number of methoxy groups -OCH3 is 1. The van der Waals surface area contributed by atoms with Crippen LogP contribution in [0.2, 0.25) is 0 Å². The standard InChI is InChI=1S/C27H29N3O3/c1-33-21-10-8-19(9-11-21)25-18-23(22-6-2-3-7-24(22)28-25)27(32)30-16-12-20(13-17-30)26(31)29-14-4-5-15-29/h2-3,6-11,18,20H,4-5,12-17H2,1H3. The van der Waals surface area contributed by atoms with Crippen LogP contribution >= 0.6 is 0 Å². The van der Waals surface area contributed by atoms with Crippen LogP contribution in [0.15, 0.2) is 54.6 Å². The van der Waals surface area contributed by atoms with Gasteiger partial charge in [0.2, 0.25) is 5.91 Å². The van der Waals surface area contributed by atoms with Gasteiger partial charge in [-0.3, -0.25) is 9.59 Å². The van der Waals surface area contributed by atoms with Gasteiger partial charge >= 0.3 is 0 Å². The summed E-state index contributed by atoms with van der Waals surface area (Å²) in [5, 5.41) is 0.857. The van der Waals surface area contributed by atoms with Crippen LogP contribution < -0.4 is 4.74 Å². The zero-order valence-corrected chi connectivity index (χ0v) is 19.0. The Labute approximate surface area is 194 Å². The van der Waals surface area contributed by atoms with Crippen LogP contribution in [-0.4, -0.2) is 59.9 Å². The van der Waals surface area contributed by atoms with E-state index in [-0.39, 0.29) is 17.7 Å². The number of likely N-dealkylation sites (tertiary alicyclic amines) is 2. The second kappa shape index (κ2) is 9.22. The highest BCUT2D eigenvalue weighted by molar-refractivity contribution is 6.07. The lowest BCUT2D eigenvalue weighted by Gasteiger charge is -2.33. The summed E-state index contributed by atoms with van der Waals surface area (Å²) in [6, 6.07) is 17.4. The van der Waals surface area contributed by atoms with Crippen molar-refractivity contribution < 1.29 is 14.3 Å². The number of carbonyl (C=O) groups excluding carboxylic acids is 2. The molecule has 0 radical (unpaired) electrons. The fourth-order valence-corrected chi connectivity index (χ4v) is 4.96. The molecule has 0 saturated carbocycles. The number of benzene rings is 2. The average Bonchev–Trinajstić information content (AvgIpc) is 3.42. The Morgan fingerprint density at radius 1 is 0.909 bits per heavy atom. The van der Waals surface area contributed by atoms with Crippen molar-refractivity contribution in [3.63, 3.8) is 0 Å². The predicted octanol–water partition coefficient (Wildman–Crippen LogP) is 4.39. The second-order valence-corrected chi connectivity index (χ2v) is 8.90. The van der Waals surface area contributed by atoms with E-state index in [0.717, 1.165) is 66.7 Å². The molecule has 0 atom stereocenters. The Bertz CT molecular complexity index is 1160. The molecule has 170 valence electrons. The fourth-order valence-electron chi connectivity index (χ4n) is 4.96. The van der Waals surface area contributed by atoms with E-state index >= 15 is 0 Å². The van der Waals surface area contributed by atoms with Crippen LogP contribution in [0.1, 0.15) is 36.0 Å². The number of fused-ring (bicyclic) bond motifs is 1. The quantitative estimate of drug-likeness (QED) is 0.600. The van der Waals surface area contributed by atoms with Crippen molar-refractivity contribution in [1.29, 1.82) is 0 Å². The average molecular weight is 444 g/mol. The van der Waals surface area contributed by atoms with Crippen LogP contribution in [0.3, 0.4) is 0 Å². The van der Waals surface area contributed by atoms with Crippen molar-refractivity contribution in [2.24, 2.45) is 5.92 Å². The number of nitrogens with zero attached hydrogens (tertiary/aromatic N) is 3. The molecule has 0 aliphatic carbocycles. The summed E-state index contributed by atoms with van der Waals surface area (Å²) < 4.78 is 5.27. The number of amides is 2. The maximum Gasteiger partial charge on any atom is 0.254 e. The number of para-hydroxylation sites is 1. The molecule has 2 fully saturated rings. The van der Waals surface area contributed by atoms with Crippen LogP contribution in [0.4, 0.5) is 0 Å². The van der Waals surface area contributed by atoms with Crippen LogP contribution in [-0.2, 0) is 4.79 Å². The molecule has 1 aromatic heterocycles. The van der Waals surface area contributed by atoms with E-state index in [4.69, 9.17) is 9.72 Å². The maximum atomic E-state index is 13.6. The number of piperidine rings is 1. The summed E-state index contributed by atoms with van der Waals surface area (Å²) in [6.45, 7) is 2.99. The molecule has 0 N–H and O–H groups in total. The van der Waals surface area contributed by atoms with Gasteiger partial charge in [-0.15, -0.1) is 0 Å². The summed E-state index contributed by atoms with van der Waals surface area (Å²) in [4.78, 5) is 35.1. The highest BCUT2D eigenvalue weighted by atomic mass is 16.5. The molecule has 2 amide bonds. The third kappa shape index (κ3) is 4.30. The van der Waals surface area contributed by atoms with Crippen molar-refractivity contribution in [3.8, 4) is 17.0 Å². The Morgan fingerprint density at radius 2 is 1.61 bits per heavy atom. The van der Waals surface area contributed by atoms with E-state index in [0.29, 0.717) is 18.7 Å². The highest BCUT2D eigenvalue weighted by Gasteiger charge is 2.32. The number of carbonyl (C=O) groups is 2. The molecule has 2 saturated heterocycles. The van der Waals surface area contributed by atoms with Crippen LogP contribution in [0.25, 0.3) is 22.2 Å². The van der Waals surface area contributed by atoms with Crippen molar-refractivity contribution in [1.82, 2.24) is 14.8 Å². The van der Waals surface area contributed by atoms with Gasteiger partial charge < -0.3 is 14.5 Å². The summed E-state index contributed by atoms with van der Waals surface area (Å²) in [5.74, 6) is 1.10. The Hall–Kier alpha value is -3.41. The molecule has 33 heavy (non-hydrogen) atoms. The van der Waals surface area contributed by atoms with E-state index in [1.165, 1.54) is 0 Å². The number of hydrogen-bond acceptors (Lipinski definition) is 4. The lowest BCUT2D eigenvalue weighted by Crippen LogP contribution is -2.43. The summed E-state index contributed by atoms with van der Waals surface area (Å²) in [5.41, 5.74) is 3.16. The largest absolute Gasteiger partial charge is 0.497 e. The first kappa shape index (κ1) is 21.4. The minimum atomic E-state index is 0.00966. The number of hydrogen-bond donors (Lipinski definition) is 0. The van der Waals surface area contributed by atoms with Crippen molar-refractivity contribution in [2.45, 2.75) is 25.7 Å². The molecule has 2 aliphatic heterocycles. The molecule has 2 aromatic carbocycles. The first-order valence-corrected chi connectivity index (χ1v) is 11.8. The van der Waals surface area contributed by atoms with Gasteiger partial charge in [-0.25, -0.2) is 4.98 Å². The van der Waals surface area contributed by atoms with Gasteiger partial charge in [0.1, 0.15) is 5.75 Å². The molecule has 6 nitrogen and oxygen atoms in total. The van der Waals surface area contributed by atoms with E-state index in [1.54, 1.807) is 7.11 Å². The second-order valence-electron chi connectivity index (χ2n) is 8.90. The number of ether oxygens (including phenoxy) is 1. The molecule has 3 heterocycles. The van der Waals surface area contributed by atoms with Crippen molar-refractivity contribution >= 4 is 22.7 Å². The number of aromatic nitrogens is 1. The lowest BCUT2D eigenvalue weighted by atomic mass is 9.94. The Kier molecular flexibility index (Phi) is 5.99. The fraction of sp³-hybridized carbons (Fsp3) is 0.370. The molecule has 2 aliphatic rings. The third-order valence-electron chi connectivity index (χ3n) is 6.88. The SMILES string of the molecule is COc1ccc(-c2cc(C(=O)N3CCC(C(=O)N4CCCC4)CC3)c3ccccc3n2)cc1. The molecule has 0 bridgehead atoms. The van der Waals surface area contributed by atoms with Crippen molar-refractivity contribution in [2.75, 3.05) is 33.3 Å². The van der Waals surface area contributed by atoms with Gasteiger partial charge in [0.25, 0.3) is 5.91 Å². The molecular formula is C27H29N3O3. The highest BCUT2D eigenvalue weighted by Crippen LogP contribution is 2.29. The zero-order chi connectivity index (χ0) is 22.8. The Morgan fingerprint density at radius 3 is 2.30 bits per heavy atom. The molecule has 3 aromatic rings. The monoisotopic (exact) mass is 443 g/mol. The molecule has 6 heteroatoms. The van der Waals surface area contributed by atoms with E-state index in [2.05, 4.69) is 0 Å². The first-order chi connectivity index (χ1) is 16.1. The predicted molar refractivity (Wildman–Crippen MR) is 128 cm³/mol. The van der Waals surface area contributed by atoms with E-state index in [1.807, 2.05) is 64.4 Å². The summed E-state index contributed by atoms with van der Waals surface area (Å²) in [7, 11) is 1.64. The number of pyridine rings is 1. The van der Waals surface area contributed by atoms with Crippen molar-refractivity contribution in [3.05, 3.63) is 60.2 Å².